The van der Waals surface area contributed by atoms with Gasteiger partial charge in [-0.1, -0.05) is 96.3 Å². The highest BCUT2D eigenvalue weighted by molar-refractivity contribution is 7.95. The molecule has 0 bridgehead atoms. The zero-order valence-electron chi connectivity index (χ0n) is 16.4. The molecule has 0 amide bonds. The Morgan fingerprint density at radius 1 is 0.667 bits per heavy atom. The minimum Gasteiger partial charge on any atom is -0.324 e. The van der Waals surface area contributed by atoms with Crippen LogP contribution in [0.1, 0.15) is 13.3 Å². The van der Waals surface area contributed by atoms with Gasteiger partial charge in [-0.2, -0.15) is 0 Å². The van der Waals surface area contributed by atoms with Crippen LogP contribution in [0, 0.1) is 0 Å². The lowest BCUT2D eigenvalue weighted by atomic mass is 10.3. The van der Waals surface area contributed by atoms with E-state index in [-0.39, 0.29) is 0 Å². The fraction of sp³-hybridized carbons (Fsp3) is 0.208. The van der Waals surface area contributed by atoms with Gasteiger partial charge in [0.2, 0.25) is 0 Å². The molecule has 0 atom stereocenters. The third kappa shape index (κ3) is 4.37. The highest BCUT2D eigenvalue weighted by Crippen LogP contribution is 2.48. The van der Waals surface area contributed by atoms with E-state index in [0.717, 1.165) is 12.6 Å². The number of benzene rings is 3. The molecule has 0 saturated carbocycles. The monoisotopic (exact) mass is 394 g/mol. The van der Waals surface area contributed by atoms with E-state index >= 15 is 0 Å². The van der Waals surface area contributed by atoms with E-state index in [9.17, 15) is 4.57 Å². The maximum Gasteiger partial charge on any atom is 0.0822 e. The Hall–Kier alpha value is -1.81. The van der Waals surface area contributed by atoms with E-state index in [1.807, 2.05) is 13.3 Å². The Balaban J connectivity index is 2.38. The lowest BCUT2D eigenvalue weighted by Gasteiger charge is -2.32. The second-order valence-corrected chi connectivity index (χ2v) is 14.7. The Labute approximate surface area is 163 Å². The molecule has 0 aliphatic heterocycles. The summed E-state index contributed by atoms with van der Waals surface area (Å²) in [6.07, 6.45) is 1.64. The molecule has 0 saturated heterocycles. The molecule has 3 aromatic carbocycles. The van der Waals surface area contributed by atoms with Crippen molar-refractivity contribution < 1.29 is 4.57 Å². The van der Waals surface area contributed by atoms with Crippen LogP contribution in [0.4, 0.5) is 0 Å². The van der Waals surface area contributed by atoms with Gasteiger partial charge in [-0.05, 0) is 49.5 Å². The topological polar surface area (TPSA) is 17.1 Å². The quantitative estimate of drug-likeness (QED) is 0.526. The Kier molecular flexibility index (Phi) is 6.25. The smallest absolute Gasteiger partial charge is 0.0822 e. The molecule has 0 unspecified atom stereocenters. The van der Waals surface area contributed by atoms with Gasteiger partial charge in [0.1, 0.15) is 0 Å². The molecular weight excluding hydrogens is 366 g/mol. The van der Waals surface area contributed by atoms with E-state index < -0.39 is 14.0 Å². The number of hydrogen-bond donors (Lipinski definition) is 0. The van der Waals surface area contributed by atoms with Gasteiger partial charge >= 0.3 is 0 Å². The van der Waals surface area contributed by atoms with Crippen molar-refractivity contribution in [3.05, 3.63) is 91.0 Å². The van der Waals surface area contributed by atoms with Crippen molar-refractivity contribution in [2.75, 3.05) is 19.5 Å². The molecule has 0 heterocycles. The van der Waals surface area contributed by atoms with Crippen molar-refractivity contribution in [3.63, 3.8) is 0 Å². The molecule has 140 valence electrons. The zero-order chi connectivity index (χ0) is 19.3. The standard InChI is InChI=1S/C24H28OP2/c1-21(19-20-26(2,3)25)27(22-13-7-4-8-14-22,23-15-9-5-10-16-23)24-17-11-6-12-18-24/h4-18H,19-20H2,1-3H3. The van der Waals surface area contributed by atoms with Gasteiger partial charge in [-0.25, -0.2) is 0 Å². The van der Waals surface area contributed by atoms with Gasteiger partial charge in [-0.3, -0.25) is 0 Å². The van der Waals surface area contributed by atoms with Gasteiger partial charge in [0, 0.05) is 6.16 Å². The van der Waals surface area contributed by atoms with Crippen LogP contribution in [-0.4, -0.2) is 24.8 Å². The molecule has 0 aliphatic rings. The van der Waals surface area contributed by atoms with Gasteiger partial charge < -0.3 is 4.57 Å². The Morgan fingerprint density at radius 3 is 1.30 bits per heavy atom. The highest BCUT2D eigenvalue weighted by Gasteiger charge is 2.28. The maximum atomic E-state index is 12.5. The van der Waals surface area contributed by atoms with Crippen LogP contribution in [0.5, 0.6) is 0 Å². The molecule has 27 heavy (non-hydrogen) atoms. The van der Waals surface area contributed by atoms with Gasteiger partial charge in [0.25, 0.3) is 0 Å². The molecule has 3 aromatic rings. The van der Waals surface area contributed by atoms with Crippen molar-refractivity contribution in [2.45, 2.75) is 13.3 Å². The normalized spacial score (nSPS) is 12.0. The summed E-state index contributed by atoms with van der Waals surface area (Å²) in [5, 5.41) is 5.53. The average molecular weight is 394 g/mol. The molecule has 3 rings (SSSR count). The number of hydrogen-bond acceptors (Lipinski definition) is 1. The van der Waals surface area contributed by atoms with E-state index in [1.54, 1.807) is 0 Å². The first-order chi connectivity index (χ1) is 12.9. The minimum absolute atomic E-state index is 0.757. The van der Waals surface area contributed by atoms with Crippen LogP contribution >= 0.6 is 14.0 Å². The zero-order valence-corrected chi connectivity index (χ0v) is 18.2. The van der Waals surface area contributed by atoms with E-state index in [2.05, 4.69) is 97.9 Å². The van der Waals surface area contributed by atoms with Crippen LogP contribution in [-0.2, 0) is 4.57 Å². The number of rotatable bonds is 6. The summed E-state index contributed by atoms with van der Waals surface area (Å²) in [6, 6.07) is 32.6. The highest BCUT2D eigenvalue weighted by atomic mass is 31.2. The lowest BCUT2D eigenvalue weighted by molar-refractivity contribution is 0.582. The van der Waals surface area contributed by atoms with Crippen molar-refractivity contribution in [1.29, 1.82) is 0 Å². The Morgan fingerprint density at radius 2 is 1.00 bits per heavy atom. The second-order valence-electron chi connectivity index (χ2n) is 7.46. The van der Waals surface area contributed by atoms with Gasteiger partial charge in [0.05, 0.1) is 7.14 Å². The second kappa shape index (κ2) is 8.47. The third-order valence-electron chi connectivity index (χ3n) is 5.02. The van der Waals surface area contributed by atoms with Crippen molar-refractivity contribution in [2.24, 2.45) is 0 Å². The molecule has 0 spiro atoms. The summed E-state index contributed by atoms with van der Waals surface area (Å²) in [4.78, 5) is 0. The summed E-state index contributed by atoms with van der Waals surface area (Å²) in [5.74, 6) is 0. The van der Waals surface area contributed by atoms with Gasteiger partial charge in [0.15, 0.2) is 0 Å². The summed E-state index contributed by atoms with van der Waals surface area (Å²) >= 11 is 0. The largest absolute Gasteiger partial charge is 0.324 e. The molecular formula is C24H28OP2. The third-order valence-corrected chi connectivity index (χ3v) is 10.9. The first-order valence-corrected chi connectivity index (χ1v) is 13.9. The fourth-order valence-corrected chi connectivity index (χ4v) is 9.23. The molecule has 0 aliphatic carbocycles. The average Bonchev–Trinajstić information content (AvgIpc) is 2.69. The van der Waals surface area contributed by atoms with Crippen LogP contribution in [0.2, 0.25) is 0 Å². The van der Waals surface area contributed by atoms with E-state index in [4.69, 9.17) is 0 Å². The molecule has 1 nitrogen and oxygen atoms in total. The van der Waals surface area contributed by atoms with E-state index in [1.165, 1.54) is 21.2 Å². The summed E-state index contributed by atoms with van der Waals surface area (Å²) in [5.41, 5.74) is 0. The van der Waals surface area contributed by atoms with Crippen LogP contribution in [0.25, 0.3) is 0 Å². The maximum absolute atomic E-state index is 12.5. The SMILES string of the molecule is CC(CCP(C)(C)=O)=P(c1ccccc1)(c1ccccc1)c1ccccc1. The predicted molar refractivity (Wildman–Crippen MR) is 125 cm³/mol. The first-order valence-electron chi connectivity index (χ1n) is 9.37. The van der Waals surface area contributed by atoms with Gasteiger partial charge in [-0.15, -0.1) is 0 Å². The summed E-state index contributed by atoms with van der Waals surface area (Å²) in [6.45, 7) is 4.13. The molecule has 0 aromatic heterocycles. The minimum atomic E-state index is -2.07. The summed E-state index contributed by atoms with van der Waals surface area (Å²) < 4.78 is 12.5. The molecule has 3 heteroatoms. The molecule has 0 fully saturated rings. The van der Waals surface area contributed by atoms with Crippen molar-refractivity contribution in [1.82, 2.24) is 0 Å². The van der Waals surface area contributed by atoms with E-state index in [0.29, 0.717) is 0 Å². The van der Waals surface area contributed by atoms with Crippen molar-refractivity contribution >= 4 is 35.2 Å². The fourth-order valence-electron chi connectivity index (χ4n) is 3.66. The lowest BCUT2D eigenvalue weighted by Crippen LogP contribution is -2.29. The van der Waals surface area contributed by atoms with Crippen molar-refractivity contribution in [3.8, 4) is 0 Å². The van der Waals surface area contributed by atoms with Crippen LogP contribution < -0.4 is 15.9 Å². The van der Waals surface area contributed by atoms with Crippen LogP contribution in [0.15, 0.2) is 91.0 Å². The van der Waals surface area contributed by atoms with Crippen LogP contribution in [0.3, 0.4) is 0 Å². The molecule has 0 radical (unpaired) electrons. The molecule has 0 N–H and O–H groups in total. The summed E-state index contributed by atoms with van der Waals surface area (Å²) in [7, 11) is -2.07. The predicted octanol–water partition coefficient (Wildman–Crippen LogP) is 5.19. The Bertz CT molecular complexity index is 867. The first kappa shape index (κ1) is 19.9.